The lowest BCUT2D eigenvalue weighted by atomic mass is 9.76. The molecule has 0 saturated carbocycles. The molecule has 6 rings (SSSR count). The van der Waals surface area contributed by atoms with Crippen LogP contribution in [0.5, 0.6) is 11.5 Å². The number of nitrogens with zero attached hydrogens (tertiary/aromatic N) is 1. The third kappa shape index (κ3) is 9.39. The van der Waals surface area contributed by atoms with E-state index in [0.29, 0.717) is 41.0 Å². The first kappa shape index (κ1) is 47.3. The lowest BCUT2D eigenvalue weighted by molar-refractivity contribution is -0.144. The second-order valence-electron chi connectivity index (χ2n) is 17.8. The minimum atomic E-state index is -5.20. The zero-order valence-corrected chi connectivity index (χ0v) is 35.8. The van der Waals surface area contributed by atoms with Crippen molar-refractivity contribution in [3.63, 3.8) is 0 Å². The molecule has 5 aromatic rings. The zero-order valence-electron chi connectivity index (χ0n) is 35.8. The van der Waals surface area contributed by atoms with Crippen LogP contribution < -0.4 is 9.47 Å². The fraction of sp³-hybridized carbons (Fsp3) is 0.375. The minimum Gasteiger partial charge on any atom is -0.496 e. The van der Waals surface area contributed by atoms with Gasteiger partial charge in [0.1, 0.15) is 11.5 Å². The van der Waals surface area contributed by atoms with Crippen molar-refractivity contribution in [2.24, 2.45) is 0 Å². The number of hydrogen-bond donors (Lipinski definition) is 0. The number of methoxy groups -OCH3 is 2. The van der Waals surface area contributed by atoms with Crippen molar-refractivity contribution in [1.82, 2.24) is 4.90 Å². The van der Waals surface area contributed by atoms with Crippen molar-refractivity contribution in [2.45, 2.75) is 103 Å². The van der Waals surface area contributed by atoms with E-state index in [2.05, 4.69) is 0 Å². The van der Waals surface area contributed by atoms with Gasteiger partial charge >= 0.3 is 24.7 Å². The Hall–Kier alpha value is -5.18. The van der Waals surface area contributed by atoms with Crippen LogP contribution in [0, 0.1) is 0 Å². The number of ether oxygens (including phenoxy) is 2. The standard InChI is InChI=1S/C48H45F12NO2/c1-25(26-13-11-10-12-14-26)61-23-35-33(27-15-29(45(49,50)51)19-30(16-27)46(52,53)54)21-37(43(2,3)4)41(62-8)39(35)40-36(24-61)34(22-38(42(40)63-9)44(5,6)7)28-17-31(47(55,56)57)20-32(18-28)48(58,59)60/h10-22,25H,23-24H2,1-9H3/t25-/m1/s1. The molecule has 338 valence electrons. The normalized spacial score (nSPS) is 14.8. The lowest BCUT2D eigenvalue weighted by Gasteiger charge is -2.31. The molecule has 3 nitrogen and oxygen atoms in total. The van der Waals surface area contributed by atoms with Gasteiger partial charge < -0.3 is 9.47 Å². The van der Waals surface area contributed by atoms with Gasteiger partial charge in [0.2, 0.25) is 0 Å². The fourth-order valence-corrected chi connectivity index (χ4v) is 8.22. The topological polar surface area (TPSA) is 21.7 Å². The predicted molar refractivity (Wildman–Crippen MR) is 217 cm³/mol. The maximum Gasteiger partial charge on any atom is 0.416 e. The van der Waals surface area contributed by atoms with E-state index in [1.54, 1.807) is 78.8 Å². The number of halogens is 12. The molecule has 1 atom stereocenters. The molecule has 0 saturated heterocycles. The van der Waals surface area contributed by atoms with Gasteiger partial charge in [0, 0.05) is 41.4 Å². The summed E-state index contributed by atoms with van der Waals surface area (Å²) in [7, 11) is 2.66. The number of benzene rings is 5. The molecule has 0 bridgehead atoms. The Morgan fingerprint density at radius 2 is 0.794 bits per heavy atom. The SMILES string of the molecule is COc1c(C(C)(C)C)cc(-c2cc(C(F)(F)F)cc(C(F)(F)F)c2)c2c1-c1c(c(-c3cc(C(F)(F)F)cc(C(F)(F)F)c3)cc(C(C)(C)C)c1OC)CN([C@H](C)c1ccccc1)C2. The molecule has 15 heteroatoms. The summed E-state index contributed by atoms with van der Waals surface area (Å²) in [5.41, 5.74) is -6.97. The van der Waals surface area contributed by atoms with Crippen LogP contribution in [0.1, 0.15) is 105 Å². The zero-order chi connectivity index (χ0) is 47.0. The summed E-state index contributed by atoms with van der Waals surface area (Å²) in [4.78, 5) is 1.82. The van der Waals surface area contributed by atoms with Crippen LogP contribution in [0.25, 0.3) is 33.4 Å². The molecule has 1 aliphatic heterocycles. The van der Waals surface area contributed by atoms with Gasteiger partial charge in [-0.25, -0.2) is 0 Å². The minimum absolute atomic E-state index is 0.0324. The van der Waals surface area contributed by atoms with Crippen molar-refractivity contribution in [2.75, 3.05) is 14.2 Å². The molecule has 0 amide bonds. The Bertz CT molecular complexity index is 2300. The van der Waals surface area contributed by atoms with Crippen LogP contribution in [0.4, 0.5) is 52.7 Å². The molecular formula is C48H45F12NO2. The van der Waals surface area contributed by atoms with Crippen molar-refractivity contribution in [3.8, 4) is 44.9 Å². The average Bonchev–Trinajstić information content (AvgIpc) is 3.35. The second-order valence-corrected chi connectivity index (χ2v) is 17.8. The van der Waals surface area contributed by atoms with Crippen molar-refractivity contribution >= 4 is 0 Å². The van der Waals surface area contributed by atoms with Crippen molar-refractivity contribution in [1.29, 1.82) is 0 Å². The van der Waals surface area contributed by atoms with Crippen molar-refractivity contribution < 1.29 is 62.2 Å². The predicted octanol–water partition coefficient (Wildman–Crippen LogP) is 15.5. The summed E-state index contributed by atoms with van der Waals surface area (Å²) in [6, 6.07) is 13.8. The quantitative estimate of drug-likeness (QED) is 0.159. The van der Waals surface area contributed by atoms with Crippen LogP contribution in [-0.4, -0.2) is 19.1 Å². The number of hydrogen-bond acceptors (Lipinski definition) is 3. The number of fused-ring (bicyclic) bond motifs is 3. The van der Waals surface area contributed by atoms with E-state index in [1.165, 1.54) is 26.4 Å². The van der Waals surface area contributed by atoms with Crippen molar-refractivity contribution in [3.05, 3.63) is 129 Å². The molecule has 0 N–H and O–H groups in total. The first-order valence-corrected chi connectivity index (χ1v) is 19.7. The highest BCUT2D eigenvalue weighted by atomic mass is 19.4. The Kier molecular flexibility index (Phi) is 12.1. The van der Waals surface area contributed by atoms with E-state index in [0.717, 1.165) is 0 Å². The molecule has 5 aromatic carbocycles. The van der Waals surface area contributed by atoms with Crippen LogP contribution in [0.15, 0.2) is 78.9 Å². The summed E-state index contributed by atoms with van der Waals surface area (Å²) in [6.45, 7) is 11.9. The molecule has 1 heterocycles. The molecule has 0 spiro atoms. The van der Waals surface area contributed by atoms with Gasteiger partial charge in [0.15, 0.2) is 0 Å². The summed E-state index contributed by atoms with van der Waals surface area (Å²) in [5.74, 6) is 0.269. The first-order valence-electron chi connectivity index (χ1n) is 19.7. The highest BCUT2D eigenvalue weighted by molar-refractivity contribution is 5.94. The maximum atomic E-state index is 14.5. The molecule has 1 aliphatic rings. The largest absolute Gasteiger partial charge is 0.496 e. The smallest absolute Gasteiger partial charge is 0.416 e. The van der Waals surface area contributed by atoms with E-state index in [9.17, 15) is 52.7 Å². The number of rotatable bonds is 6. The van der Waals surface area contributed by atoms with E-state index in [1.807, 2.05) is 4.90 Å². The van der Waals surface area contributed by atoms with Gasteiger partial charge in [-0.15, -0.1) is 0 Å². The average molecular weight is 896 g/mol. The summed E-state index contributed by atoms with van der Waals surface area (Å²) in [5, 5.41) is 0. The molecular weight excluding hydrogens is 851 g/mol. The third-order valence-electron chi connectivity index (χ3n) is 11.4. The lowest BCUT2D eigenvalue weighted by Crippen LogP contribution is -2.26. The summed E-state index contributed by atoms with van der Waals surface area (Å²) < 4.78 is 186. The second kappa shape index (κ2) is 16.1. The van der Waals surface area contributed by atoms with Crippen LogP contribution in [-0.2, 0) is 48.6 Å². The number of alkyl halides is 12. The maximum absolute atomic E-state index is 14.5. The van der Waals surface area contributed by atoms with Gasteiger partial charge in [0.25, 0.3) is 0 Å². The Morgan fingerprint density at radius 1 is 0.476 bits per heavy atom. The molecule has 0 aliphatic carbocycles. The van der Waals surface area contributed by atoms with Gasteiger partial charge in [-0.05, 0) is 105 Å². The molecule has 0 radical (unpaired) electrons. The molecule has 0 fully saturated rings. The fourth-order valence-electron chi connectivity index (χ4n) is 8.22. The Balaban J connectivity index is 1.93. The highest BCUT2D eigenvalue weighted by Crippen LogP contribution is 2.56. The van der Waals surface area contributed by atoms with E-state index >= 15 is 0 Å². The summed E-state index contributed by atoms with van der Waals surface area (Å²) >= 11 is 0. The molecule has 0 unspecified atom stereocenters. The highest BCUT2D eigenvalue weighted by Gasteiger charge is 2.42. The monoisotopic (exact) mass is 895 g/mol. The van der Waals surface area contributed by atoms with Gasteiger partial charge in [-0.3, -0.25) is 4.90 Å². The van der Waals surface area contributed by atoms with Crippen LogP contribution >= 0.6 is 0 Å². The first-order chi connectivity index (χ1) is 28.9. The third-order valence-corrected chi connectivity index (χ3v) is 11.4. The van der Waals surface area contributed by atoms with Gasteiger partial charge in [-0.1, -0.05) is 71.9 Å². The molecule has 63 heavy (non-hydrogen) atoms. The Morgan fingerprint density at radius 3 is 1.06 bits per heavy atom. The Labute approximate surface area is 357 Å². The van der Waals surface area contributed by atoms with Gasteiger partial charge in [0.05, 0.1) is 36.5 Å². The van der Waals surface area contributed by atoms with Crippen LogP contribution in [0.2, 0.25) is 0 Å². The van der Waals surface area contributed by atoms with Gasteiger partial charge in [-0.2, -0.15) is 52.7 Å². The van der Waals surface area contributed by atoms with E-state index in [-0.39, 0.29) is 70.1 Å². The van der Waals surface area contributed by atoms with Crippen LogP contribution in [0.3, 0.4) is 0 Å². The van der Waals surface area contributed by atoms with E-state index < -0.39 is 75.0 Å². The van der Waals surface area contributed by atoms with E-state index in [4.69, 9.17) is 9.47 Å². The summed E-state index contributed by atoms with van der Waals surface area (Å²) in [6.07, 6.45) is -20.8. The molecule has 0 aromatic heterocycles.